The second kappa shape index (κ2) is 16.8. The zero-order chi connectivity index (χ0) is 51.1. The number of fused-ring (bicyclic) bond motifs is 10. The van der Waals surface area contributed by atoms with Crippen LogP contribution in [0.25, 0.3) is 99.5 Å². The normalized spacial score (nSPS) is 12.6. The molecule has 15 rings (SSSR count). The highest BCUT2D eigenvalue weighted by molar-refractivity contribution is 7.01. The van der Waals surface area contributed by atoms with Crippen molar-refractivity contribution in [1.29, 1.82) is 0 Å². The summed E-state index contributed by atoms with van der Waals surface area (Å²) in [6.45, 7) is 13.8. The van der Waals surface area contributed by atoms with E-state index in [0.717, 1.165) is 0 Å². The molecule has 0 radical (unpaired) electrons. The van der Waals surface area contributed by atoms with Crippen molar-refractivity contribution in [1.82, 2.24) is 9.13 Å². The van der Waals surface area contributed by atoms with E-state index in [-0.39, 0.29) is 13.4 Å². The van der Waals surface area contributed by atoms with Crippen LogP contribution in [0.2, 0.25) is 0 Å². The van der Waals surface area contributed by atoms with Gasteiger partial charge in [-0.2, -0.15) is 0 Å². The Kier molecular flexibility index (Phi) is 9.88. The third kappa shape index (κ3) is 6.50. The lowest BCUT2D eigenvalue weighted by Gasteiger charge is -2.34. The van der Waals surface area contributed by atoms with Crippen LogP contribution in [-0.2, 0) is 0 Å². The minimum absolute atomic E-state index is 0.0620. The molecule has 0 aliphatic carbocycles. The van der Waals surface area contributed by atoms with E-state index in [2.05, 4.69) is 269 Å². The molecule has 0 saturated heterocycles. The Morgan fingerprint density at radius 2 is 0.645 bits per heavy atom. The maximum absolute atomic E-state index is 2.69. The molecule has 11 aromatic carbocycles. The summed E-state index contributed by atoms with van der Waals surface area (Å²) in [4.78, 5) is 0. The van der Waals surface area contributed by atoms with Crippen LogP contribution in [0, 0.1) is 41.5 Å². The summed E-state index contributed by atoms with van der Waals surface area (Å²) in [6.07, 6.45) is 0. The summed E-state index contributed by atoms with van der Waals surface area (Å²) < 4.78 is 5.33. The largest absolute Gasteiger partial charge is 0.310 e. The molecule has 4 heterocycles. The molecule has 2 aliphatic rings. The van der Waals surface area contributed by atoms with Crippen molar-refractivity contribution < 1.29 is 0 Å². The van der Waals surface area contributed by atoms with Gasteiger partial charge in [0.05, 0.1) is 11.0 Å². The lowest BCUT2D eigenvalue weighted by atomic mass is 9.31. The number of rotatable bonds is 6. The average molecular weight is 969 g/mol. The summed E-state index contributed by atoms with van der Waals surface area (Å²) in [5, 5.41) is 5.14. The van der Waals surface area contributed by atoms with Crippen LogP contribution >= 0.6 is 0 Å². The lowest BCUT2D eigenvalue weighted by molar-refractivity contribution is 1.15. The summed E-state index contributed by atoms with van der Waals surface area (Å²) in [5.74, 6) is 0. The Bertz CT molecular complexity index is 4230. The quantitative estimate of drug-likeness (QED) is 0.147. The smallest absolute Gasteiger partial charge is 0.247 e. The standard InChI is InChI=1S/C72H54B2N2/c1-43-33-45(3)69(46(4)34-43)73-59-41-60-66(42-65(59)75-63-31-19-29-55(51-25-15-9-16-26-51)67(63)57-37-53(39-61(73)71(57)75)49-21-11-7-12-22-49)76-64-32-20-30-56(52-27-17-10-18-28-52)68(64)58-38-54(50-23-13-8-14-24-50)40-62(72(58)76)74(60)70-47(5)35-44(2)36-48(70)6/h7-42H,1-6H3. The molecule has 0 amide bonds. The van der Waals surface area contributed by atoms with E-state index < -0.39 is 0 Å². The first-order chi connectivity index (χ1) is 37.2. The SMILES string of the molecule is Cc1cc(C)c(B2c3cc4c(cc3-n3c5cccc(-c6ccccc6)c5c5cc(-c6ccccc6)cc2c53)-n2c3cccc(-c5ccccc5)c3c3cc(-c5ccccc5)cc(c32)B4c2c(C)cc(C)cc2C)c(C)c1. The lowest BCUT2D eigenvalue weighted by Crippen LogP contribution is -2.62. The van der Waals surface area contributed by atoms with Gasteiger partial charge in [-0.1, -0.05) is 232 Å². The van der Waals surface area contributed by atoms with Crippen LogP contribution in [0.5, 0.6) is 0 Å². The topological polar surface area (TPSA) is 9.86 Å². The number of hydrogen-bond acceptors (Lipinski definition) is 0. The Morgan fingerprint density at radius 1 is 0.289 bits per heavy atom. The fraction of sp³-hybridized carbons (Fsp3) is 0.0833. The minimum Gasteiger partial charge on any atom is -0.310 e. The van der Waals surface area contributed by atoms with Crippen molar-refractivity contribution in [3.63, 3.8) is 0 Å². The molecule has 0 N–H and O–H groups in total. The highest BCUT2D eigenvalue weighted by atomic mass is 15.0. The van der Waals surface area contributed by atoms with Crippen LogP contribution in [0.3, 0.4) is 0 Å². The second-order valence-electron chi connectivity index (χ2n) is 21.9. The van der Waals surface area contributed by atoms with E-state index in [1.165, 1.54) is 166 Å². The number of aryl methyl sites for hydroxylation is 6. The monoisotopic (exact) mass is 968 g/mol. The fourth-order valence-electron chi connectivity index (χ4n) is 14.4. The minimum atomic E-state index is -0.0620. The number of benzene rings is 11. The molecule has 0 saturated carbocycles. The zero-order valence-electron chi connectivity index (χ0n) is 43.8. The van der Waals surface area contributed by atoms with Crippen molar-refractivity contribution >= 4 is 89.8 Å². The summed E-state index contributed by atoms with van der Waals surface area (Å²) in [5.41, 5.74) is 33.4. The molecule has 2 nitrogen and oxygen atoms in total. The number of aromatic nitrogens is 2. The third-order valence-corrected chi connectivity index (χ3v) is 17.2. The molecular weight excluding hydrogens is 914 g/mol. The molecule has 0 bridgehead atoms. The van der Waals surface area contributed by atoms with Gasteiger partial charge in [0, 0.05) is 44.0 Å². The first kappa shape index (κ1) is 44.6. The van der Waals surface area contributed by atoms with Crippen LogP contribution in [0.4, 0.5) is 0 Å². The molecular formula is C72H54B2N2. The van der Waals surface area contributed by atoms with Crippen molar-refractivity contribution in [3.8, 4) is 55.9 Å². The van der Waals surface area contributed by atoms with Gasteiger partial charge in [-0.3, -0.25) is 0 Å². The molecule has 0 atom stereocenters. The number of hydrogen-bond donors (Lipinski definition) is 0. The van der Waals surface area contributed by atoms with E-state index in [1.54, 1.807) is 0 Å². The van der Waals surface area contributed by atoms with E-state index in [4.69, 9.17) is 0 Å². The van der Waals surface area contributed by atoms with E-state index >= 15 is 0 Å². The van der Waals surface area contributed by atoms with Crippen molar-refractivity contribution in [2.24, 2.45) is 0 Å². The van der Waals surface area contributed by atoms with E-state index in [9.17, 15) is 0 Å². The Hall–Kier alpha value is -8.85. The molecule has 0 spiro atoms. The summed E-state index contributed by atoms with van der Waals surface area (Å²) >= 11 is 0. The van der Waals surface area contributed by atoms with E-state index in [1.807, 2.05) is 0 Å². The Morgan fingerprint density at radius 3 is 1.01 bits per heavy atom. The van der Waals surface area contributed by atoms with Gasteiger partial charge in [-0.05, 0) is 138 Å². The molecule has 13 aromatic rings. The molecule has 2 aliphatic heterocycles. The maximum Gasteiger partial charge on any atom is 0.247 e. The number of nitrogens with zero attached hydrogens (tertiary/aromatic N) is 2. The van der Waals surface area contributed by atoms with Crippen molar-refractivity contribution in [2.45, 2.75) is 41.5 Å². The fourth-order valence-corrected chi connectivity index (χ4v) is 14.4. The van der Waals surface area contributed by atoms with Crippen LogP contribution < -0.4 is 32.8 Å². The summed E-state index contributed by atoms with van der Waals surface area (Å²) in [6, 6.07) is 83.1. The van der Waals surface area contributed by atoms with Crippen LogP contribution in [0.15, 0.2) is 218 Å². The second-order valence-corrected chi connectivity index (χ2v) is 21.9. The zero-order valence-corrected chi connectivity index (χ0v) is 43.8. The van der Waals surface area contributed by atoms with Gasteiger partial charge in [0.25, 0.3) is 0 Å². The Balaban J connectivity index is 1.16. The van der Waals surface area contributed by atoms with E-state index in [0.29, 0.717) is 0 Å². The molecule has 0 unspecified atom stereocenters. The van der Waals surface area contributed by atoms with Crippen molar-refractivity contribution in [2.75, 3.05) is 0 Å². The highest BCUT2D eigenvalue weighted by Gasteiger charge is 2.42. The molecule has 0 fully saturated rings. The van der Waals surface area contributed by atoms with Crippen molar-refractivity contribution in [3.05, 3.63) is 252 Å². The highest BCUT2D eigenvalue weighted by Crippen LogP contribution is 2.44. The van der Waals surface area contributed by atoms with Gasteiger partial charge in [-0.15, -0.1) is 0 Å². The first-order valence-electron chi connectivity index (χ1n) is 27.0. The predicted molar refractivity (Wildman–Crippen MR) is 327 cm³/mol. The molecule has 76 heavy (non-hydrogen) atoms. The maximum atomic E-state index is 2.69. The summed E-state index contributed by atoms with van der Waals surface area (Å²) in [7, 11) is 0. The average Bonchev–Trinajstić information content (AvgIpc) is 4.05. The first-order valence-corrected chi connectivity index (χ1v) is 27.0. The third-order valence-electron chi connectivity index (χ3n) is 17.2. The predicted octanol–water partition coefficient (Wildman–Crippen LogP) is 14.1. The van der Waals surface area contributed by atoms with Gasteiger partial charge in [0.1, 0.15) is 0 Å². The van der Waals surface area contributed by atoms with Crippen LogP contribution in [0.1, 0.15) is 33.4 Å². The van der Waals surface area contributed by atoms with Gasteiger partial charge in [0.15, 0.2) is 0 Å². The van der Waals surface area contributed by atoms with Gasteiger partial charge < -0.3 is 9.13 Å². The molecule has 2 aromatic heterocycles. The van der Waals surface area contributed by atoms with Gasteiger partial charge in [-0.25, -0.2) is 0 Å². The van der Waals surface area contributed by atoms with Gasteiger partial charge >= 0.3 is 0 Å². The van der Waals surface area contributed by atoms with Gasteiger partial charge in [0.2, 0.25) is 13.4 Å². The Labute approximate surface area is 445 Å². The molecule has 4 heteroatoms. The molecule has 358 valence electrons. The van der Waals surface area contributed by atoms with Crippen LogP contribution in [-0.4, -0.2) is 22.6 Å².